The van der Waals surface area contributed by atoms with Crippen LogP contribution >= 0.6 is 0 Å². The number of carboxylic acids is 1. The first-order valence-electron chi connectivity index (χ1n) is 13.7. The fraction of sp³-hybridized carbons (Fsp3) is 0.182. The molecule has 10 heteroatoms. The Hall–Kier alpha value is -5.19. The molecule has 3 aromatic carbocycles. The SMILES string of the molecule is NCCc1ccc(OCCOCCNC(=O)c2ccc(-c3c4ccc(=O)cc-4oc4cc(O)ccc34)c(C(=O)O)c2)cc1. The smallest absolute Gasteiger partial charge is 0.336 e. The van der Waals surface area contributed by atoms with Crippen molar-refractivity contribution in [1.82, 2.24) is 5.32 Å². The molecule has 5 rings (SSSR count). The minimum Gasteiger partial charge on any atom is -0.508 e. The molecule has 2 aliphatic rings. The van der Waals surface area contributed by atoms with Crippen molar-refractivity contribution in [1.29, 1.82) is 0 Å². The summed E-state index contributed by atoms with van der Waals surface area (Å²) in [5.74, 6) is -0.761. The summed E-state index contributed by atoms with van der Waals surface area (Å²) in [6.45, 7) is 1.73. The number of phenolic OH excluding ortho intramolecular Hbond substituents is 1. The van der Waals surface area contributed by atoms with Crippen LogP contribution in [0.25, 0.3) is 33.4 Å². The van der Waals surface area contributed by atoms with Gasteiger partial charge >= 0.3 is 5.97 Å². The van der Waals surface area contributed by atoms with Gasteiger partial charge in [0, 0.05) is 40.8 Å². The van der Waals surface area contributed by atoms with Gasteiger partial charge in [0.05, 0.1) is 18.8 Å². The van der Waals surface area contributed by atoms with E-state index < -0.39 is 11.9 Å². The molecule has 0 bridgehead atoms. The Morgan fingerprint density at radius 3 is 2.44 bits per heavy atom. The lowest BCUT2D eigenvalue weighted by Gasteiger charge is -2.17. The highest BCUT2D eigenvalue weighted by molar-refractivity contribution is 6.09. The maximum absolute atomic E-state index is 12.8. The average molecular weight is 583 g/mol. The molecule has 0 saturated heterocycles. The Labute approximate surface area is 246 Å². The van der Waals surface area contributed by atoms with Gasteiger partial charge in [-0.25, -0.2) is 4.79 Å². The molecule has 0 unspecified atom stereocenters. The summed E-state index contributed by atoms with van der Waals surface area (Å²) in [4.78, 5) is 37.2. The number of hydrogen-bond donors (Lipinski definition) is 4. The minimum atomic E-state index is -1.23. The number of hydrogen-bond acceptors (Lipinski definition) is 8. The van der Waals surface area contributed by atoms with Crippen LogP contribution in [0, 0.1) is 0 Å². The number of fused-ring (bicyclic) bond motifs is 2. The van der Waals surface area contributed by atoms with E-state index >= 15 is 0 Å². The molecule has 5 N–H and O–H groups in total. The zero-order chi connectivity index (χ0) is 30.3. The van der Waals surface area contributed by atoms with Gasteiger partial charge in [-0.05, 0) is 72.6 Å². The van der Waals surface area contributed by atoms with Crippen molar-refractivity contribution < 1.29 is 33.7 Å². The summed E-state index contributed by atoms with van der Waals surface area (Å²) in [6.07, 6.45) is 0.811. The fourth-order valence-corrected chi connectivity index (χ4v) is 4.81. The Balaban J connectivity index is 1.26. The van der Waals surface area contributed by atoms with Gasteiger partial charge in [-0.1, -0.05) is 18.2 Å². The molecule has 43 heavy (non-hydrogen) atoms. The number of nitrogens with one attached hydrogen (secondary N) is 1. The van der Waals surface area contributed by atoms with Crippen LogP contribution in [0.3, 0.4) is 0 Å². The second kappa shape index (κ2) is 13.2. The zero-order valence-corrected chi connectivity index (χ0v) is 23.2. The number of rotatable bonds is 12. The largest absolute Gasteiger partial charge is 0.508 e. The predicted octanol–water partition coefficient (Wildman–Crippen LogP) is 4.30. The third-order valence-electron chi connectivity index (χ3n) is 6.84. The van der Waals surface area contributed by atoms with Crippen molar-refractivity contribution in [3.8, 4) is 33.9 Å². The highest BCUT2D eigenvalue weighted by Gasteiger charge is 2.23. The first kappa shape index (κ1) is 29.3. The number of phenols is 1. The number of aromatic carboxylic acids is 1. The van der Waals surface area contributed by atoms with Crippen LogP contribution in [-0.2, 0) is 11.2 Å². The molecule has 0 fully saturated rings. The van der Waals surface area contributed by atoms with Crippen molar-refractivity contribution in [3.05, 3.63) is 106 Å². The van der Waals surface area contributed by atoms with Crippen molar-refractivity contribution >= 4 is 22.8 Å². The Kier molecular flexibility index (Phi) is 8.99. The molecule has 0 aromatic heterocycles. The van der Waals surface area contributed by atoms with E-state index in [1.807, 2.05) is 24.3 Å². The lowest BCUT2D eigenvalue weighted by Crippen LogP contribution is -2.28. The number of ether oxygens (including phenoxy) is 2. The molecule has 0 spiro atoms. The lowest BCUT2D eigenvalue weighted by molar-refractivity contribution is 0.0697. The maximum atomic E-state index is 12.8. The van der Waals surface area contributed by atoms with Gasteiger partial charge in [0.25, 0.3) is 5.91 Å². The molecule has 1 aliphatic carbocycles. The Bertz CT molecular complexity index is 1800. The molecule has 1 amide bonds. The second-order valence-electron chi connectivity index (χ2n) is 9.78. The van der Waals surface area contributed by atoms with Gasteiger partial charge in [0.2, 0.25) is 0 Å². The number of amides is 1. The second-order valence-corrected chi connectivity index (χ2v) is 9.78. The molecule has 0 saturated carbocycles. The van der Waals surface area contributed by atoms with E-state index in [4.69, 9.17) is 19.6 Å². The van der Waals surface area contributed by atoms with E-state index in [-0.39, 0.29) is 46.8 Å². The quantitative estimate of drug-likeness (QED) is 0.124. The molecule has 3 aromatic rings. The van der Waals surface area contributed by atoms with Crippen LogP contribution < -0.4 is 21.2 Å². The van der Waals surface area contributed by atoms with Gasteiger partial charge in [-0.15, -0.1) is 0 Å². The van der Waals surface area contributed by atoms with Gasteiger partial charge in [0.1, 0.15) is 29.4 Å². The summed E-state index contributed by atoms with van der Waals surface area (Å²) in [5, 5.41) is 23.4. The third-order valence-corrected chi connectivity index (χ3v) is 6.84. The Morgan fingerprint density at radius 1 is 0.884 bits per heavy atom. The van der Waals surface area contributed by atoms with E-state index in [1.165, 1.54) is 36.4 Å². The van der Waals surface area contributed by atoms with Gasteiger partial charge in [0.15, 0.2) is 5.43 Å². The lowest BCUT2D eigenvalue weighted by atomic mass is 9.90. The number of aromatic hydroxyl groups is 1. The molecular formula is C33H30N2O8. The first-order valence-corrected chi connectivity index (χ1v) is 13.7. The summed E-state index contributed by atoms with van der Waals surface area (Å²) < 4.78 is 17.0. The number of carboxylic acid groups (broad SMARTS) is 1. The van der Waals surface area contributed by atoms with Crippen LogP contribution in [0.15, 0.2) is 88.1 Å². The van der Waals surface area contributed by atoms with Crippen molar-refractivity contribution in [2.45, 2.75) is 6.42 Å². The first-order chi connectivity index (χ1) is 20.8. The number of nitrogens with two attached hydrogens (primary N) is 1. The third kappa shape index (κ3) is 6.83. The summed E-state index contributed by atoms with van der Waals surface area (Å²) in [5.41, 5.74) is 8.10. The van der Waals surface area contributed by atoms with E-state index in [1.54, 1.807) is 18.2 Å². The van der Waals surface area contributed by atoms with Crippen LogP contribution in [-0.4, -0.2) is 55.0 Å². The monoisotopic (exact) mass is 582 g/mol. The number of carbonyl (C=O) groups excluding carboxylic acids is 1. The molecule has 1 heterocycles. The molecule has 0 radical (unpaired) electrons. The summed E-state index contributed by atoms with van der Waals surface area (Å²) in [6, 6.07) is 20.8. The summed E-state index contributed by atoms with van der Waals surface area (Å²) >= 11 is 0. The van der Waals surface area contributed by atoms with Crippen LogP contribution in [0.4, 0.5) is 0 Å². The van der Waals surface area contributed by atoms with Crippen LogP contribution in [0.2, 0.25) is 0 Å². The number of carbonyl (C=O) groups is 2. The minimum absolute atomic E-state index is 0.0461. The van der Waals surface area contributed by atoms with E-state index in [0.717, 1.165) is 17.7 Å². The normalized spacial score (nSPS) is 11.1. The Morgan fingerprint density at radius 2 is 1.67 bits per heavy atom. The van der Waals surface area contributed by atoms with Crippen molar-refractivity contribution in [2.24, 2.45) is 5.73 Å². The number of benzene rings is 4. The van der Waals surface area contributed by atoms with Gasteiger partial charge < -0.3 is 35.2 Å². The highest BCUT2D eigenvalue weighted by Crippen LogP contribution is 2.42. The molecule has 0 atom stereocenters. The van der Waals surface area contributed by atoms with Crippen molar-refractivity contribution in [2.75, 3.05) is 32.9 Å². The fourth-order valence-electron chi connectivity index (χ4n) is 4.81. The van der Waals surface area contributed by atoms with Crippen LogP contribution in [0.1, 0.15) is 26.3 Å². The molecule has 1 aliphatic heterocycles. The van der Waals surface area contributed by atoms with E-state index in [9.17, 15) is 24.6 Å². The average Bonchev–Trinajstić information content (AvgIpc) is 2.99. The van der Waals surface area contributed by atoms with Gasteiger partial charge in [-0.2, -0.15) is 0 Å². The molecular weight excluding hydrogens is 552 g/mol. The van der Waals surface area contributed by atoms with E-state index in [2.05, 4.69) is 5.32 Å². The van der Waals surface area contributed by atoms with E-state index in [0.29, 0.717) is 41.8 Å². The standard InChI is InChI=1S/C33H30N2O8/c34-12-11-20-1-6-24(7-2-20)42-16-15-41-14-13-35-32(38)21-3-8-25(28(17-21)33(39)40)31-26-9-4-22(36)18-29(26)43-30-19-23(37)5-10-27(30)31/h1-10,17-19,36H,11-16,34H2,(H,35,38)(H,39,40). The molecule has 10 nitrogen and oxygen atoms in total. The molecule has 220 valence electrons. The topological polar surface area (TPSA) is 161 Å². The van der Waals surface area contributed by atoms with Crippen LogP contribution in [0.5, 0.6) is 11.5 Å². The maximum Gasteiger partial charge on any atom is 0.336 e. The summed E-state index contributed by atoms with van der Waals surface area (Å²) in [7, 11) is 0. The highest BCUT2D eigenvalue weighted by atomic mass is 16.5. The zero-order valence-electron chi connectivity index (χ0n) is 23.2. The van der Waals surface area contributed by atoms with Crippen molar-refractivity contribution in [3.63, 3.8) is 0 Å². The predicted molar refractivity (Wildman–Crippen MR) is 161 cm³/mol. The van der Waals surface area contributed by atoms with Gasteiger partial charge in [-0.3, -0.25) is 9.59 Å².